The Labute approximate surface area is 41.3 Å². The number of alkyl halides is 2. The van der Waals surface area contributed by atoms with E-state index in [0.29, 0.717) is 0 Å². The standard InChI is InChI=1S/CH2Br2O/c2-1(3)4/h1,4H. The maximum Gasteiger partial charge on any atom is 0.164 e. The molecule has 0 rings (SSSR count). The van der Waals surface area contributed by atoms with Crippen LogP contribution in [0.1, 0.15) is 0 Å². The fourth-order valence-electron chi connectivity index (χ4n) is 0. The molecule has 0 aliphatic carbocycles. The van der Waals surface area contributed by atoms with Crippen molar-refractivity contribution in [1.82, 2.24) is 0 Å². The number of aliphatic hydroxyl groups excluding tert-OH is 1. The van der Waals surface area contributed by atoms with Gasteiger partial charge in [0.1, 0.15) is 0 Å². The van der Waals surface area contributed by atoms with Crippen LogP contribution in [0.3, 0.4) is 0 Å². The van der Waals surface area contributed by atoms with Gasteiger partial charge in [0.05, 0.1) is 0 Å². The molecule has 26 valence electrons. The second-order valence-electron chi connectivity index (χ2n) is 0.278. The minimum absolute atomic E-state index is 0.542. The summed E-state index contributed by atoms with van der Waals surface area (Å²) in [5.74, 6) is 0. The van der Waals surface area contributed by atoms with E-state index in [9.17, 15) is 0 Å². The number of halogens is 2. The summed E-state index contributed by atoms with van der Waals surface area (Å²) in [4.78, 5) is 0. The van der Waals surface area contributed by atoms with Crippen molar-refractivity contribution in [2.75, 3.05) is 0 Å². The minimum Gasteiger partial charge on any atom is -0.372 e. The van der Waals surface area contributed by atoms with Crippen LogP contribution in [0, 0.1) is 0 Å². The van der Waals surface area contributed by atoms with Gasteiger partial charge in [0.25, 0.3) is 0 Å². The van der Waals surface area contributed by atoms with Crippen LogP contribution < -0.4 is 0 Å². The third-order valence-electron chi connectivity index (χ3n) is 0. The lowest BCUT2D eigenvalue weighted by atomic mass is 11.7. The third-order valence-corrected chi connectivity index (χ3v) is 0. The summed E-state index contributed by atoms with van der Waals surface area (Å²) in [6.07, 6.45) is 0. The van der Waals surface area contributed by atoms with E-state index in [-0.39, 0.29) is 0 Å². The van der Waals surface area contributed by atoms with E-state index in [1.165, 1.54) is 0 Å². The Kier molecular flexibility index (Phi) is 2.68. The van der Waals surface area contributed by atoms with Gasteiger partial charge in [-0.05, 0) is 31.9 Å². The maximum absolute atomic E-state index is 7.89. The summed E-state index contributed by atoms with van der Waals surface area (Å²) >= 11 is 5.49. The van der Waals surface area contributed by atoms with Crippen molar-refractivity contribution in [3.8, 4) is 0 Å². The average Bonchev–Trinajstić information content (AvgIpc) is 0.811. The van der Waals surface area contributed by atoms with Crippen LogP contribution in [0.5, 0.6) is 0 Å². The van der Waals surface area contributed by atoms with Crippen LogP contribution in [0.25, 0.3) is 0 Å². The van der Waals surface area contributed by atoms with E-state index < -0.39 is 3.92 Å². The highest BCUT2D eigenvalue weighted by atomic mass is 79.9. The molecule has 0 bridgehead atoms. The molecule has 0 aliphatic rings. The summed E-state index contributed by atoms with van der Waals surface area (Å²) < 4.78 is -0.542. The molecule has 0 atom stereocenters. The van der Waals surface area contributed by atoms with Gasteiger partial charge in [-0.2, -0.15) is 0 Å². The van der Waals surface area contributed by atoms with Gasteiger partial charge in [-0.15, -0.1) is 0 Å². The number of hydrogen-bond acceptors (Lipinski definition) is 1. The van der Waals surface area contributed by atoms with Crippen molar-refractivity contribution >= 4 is 31.9 Å². The zero-order chi connectivity index (χ0) is 3.58. The molecule has 0 aliphatic heterocycles. The molecule has 0 aromatic heterocycles. The molecule has 0 amide bonds. The number of rotatable bonds is 0. The lowest BCUT2D eigenvalue weighted by Gasteiger charge is -1.74. The summed E-state index contributed by atoms with van der Waals surface area (Å²) in [5.41, 5.74) is 0. The quantitative estimate of drug-likeness (QED) is 0.566. The molecule has 0 spiro atoms. The van der Waals surface area contributed by atoms with Gasteiger partial charge in [-0.25, -0.2) is 0 Å². The van der Waals surface area contributed by atoms with Gasteiger partial charge < -0.3 is 5.11 Å². The smallest absolute Gasteiger partial charge is 0.164 e. The van der Waals surface area contributed by atoms with Crippen molar-refractivity contribution in [3.05, 3.63) is 0 Å². The molecule has 0 unspecified atom stereocenters. The lowest BCUT2D eigenvalue weighted by Crippen LogP contribution is -1.70. The highest BCUT2D eigenvalue weighted by molar-refractivity contribution is 9.24. The van der Waals surface area contributed by atoms with E-state index in [0.717, 1.165) is 0 Å². The molecular weight excluding hydrogens is 188 g/mol. The Morgan fingerprint density at radius 1 is 1.50 bits per heavy atom. The third kappa shape index (κ3) is 12.7. The Morgan fingerprint density at radius 2 is 1.50 bits per heavy atom. The second-order valence-corrected chi connectivity index (χ2v) is 3.24. The van der Waals surface area contributed by atoms with Crippen molar-refractivity contribution < 1.29 is 5.11 Å². The molecular formula is CH2Br2O. The second kappa shape index (κ2) is 2.18. The van der Waals surface area contributed by atoms with Crippen molar-refractivity contribution in [2.24, 2.45) is 0 Å². The first kappa shape index (κ1) is 4.92. The van der Waals surface area contributed by atoms with E-state index in [4.69, 9.17) is 5.11 Å². The average molecular weight is 190 g/mol. The molecule has 3 heteroatoms. The Hall–Kier alpha value is 0.920. The van der Waals surface area contributed by atoms with Gasteiger partial charge >= 0.3 is 0 Å². The first-order chi connectivity index (χ1) is 1.73. The van der Waals surface area contributed by atoms with Crippen molar-refractivity contribution in [3.63, 3.8) is 0 Å². The first-order valence-electron chi connectivity index (χ1n) is 0.695. The van der Waals surface area contributed by atoms with Gasteiger partial charge in [-0.1, -0.05) is 0 Å². The Balaban J connectivity index is 2.32. The predicted molar refractivity (Wildman–Crippen MR) is 23.9 cm³/mol. The summed E-state index contributed by atoms with van der Waals surface area (Å²) in [6.45, 7) is 0. The fourth-order valence-corrected chi connectivity index (χ4v) is 0. The molecule has 0 saturated heterocycles. The molecule has 4 heavy (non-hydrogen) atoms. The molecule has 1 nitrogen and oxygen atoms in total. The van der Waals surface area contributed by atoms with Gasteiger partial charge in [0.15, 0.2) is 3.92 Å². The zero-order valence-electron chi connectivity index (χ0n) is 1.78. The van der Waals surface area contributed by atoms with E-state index in [1.54, 1.807) is 0 Å². The largest absolute Gasteiger partial charge is 0.372 e. The summed E-state index contributed by atoms with van der Waals surface area (Å²) in [5, 5.41) is 7.89. The van der Waals surface area contributed by atoms with Crippen LogP contribution in [0.15, 0.2) is 0 Å². The summed E-state index contributed by atoms with van der Waals surface area (Å²) in [6, 6.07) is 0. The Bertz CT molecular complexity index is 10.8. The van der Waals surface area contributed by atoms with E-state index in [1.807, 2.05) is 0 Å². The fraction of sp³-hybridized carbons (Fsp3) is 1.00. The molecule has 0 fully saturated rings. The van der Waals surface area contributed by atoms with Crippen LogP contribution in [0.4, 0.5) is 0 Å². The van der Waals surface area contributed by atoms with Crippen LogP contribution in [-0.4, -0.2) is 9.03 Å². The van der Waals surface area contributed by atoms with E-state index >= 15 is 0 Å². The molecule has 0 aromatic carbocycles. The topological polar surface area (TPSA) is 20.2 Å². The molecule has 0 heterocycles. The SMILES string of the molecule is OC(Br)Br. The van der Waals surface area contributed by atoms with Crippen molar-refractivity contribution in [1.29, 1.82) is 0 Å². The zero-order valence-corrected chi connectivity index (χ0v) is 4.95. The van der Waals surface area contributed by atoms with Gasteiger partial charge in [-0.3, -0.25) is 0 Å². The normalized spacial score (nSPS) is 9.00. The summed E-state index contributed by atoms with van der Waals surface area (Å²) in [7, 11) is 0. The highest BCUT2D eigenvalue weighted by Crippen LogP contribution is 1.99. The minimum atomic E-state index is -0.542. The maximum atomic E-state index is 7.89. The van der Waals surface area contributed by atoms with Crippen molar-refractivity contribution in [2.45, 2.75) is 3.92 Å². The van der Waals surface area contributed by atoms with Crippen LogP contribution in [0.2, 0.25) is 0 Å². The molecule has 1 N–H and O–H groups in total. The van der Waals surface area contributed by atoms with Crippen LogP contribution in [-0.2, 0) is 0 Å². The van der Waals surface area contributed by atoms with Gasteiger partial charge in [0.2, 0.25) is 0 Å². The number of hydrogen-bond donors (Lipinski definition) is 1. The molecule has 0 radical (unpaired) electrons. The molecule has 0 saturated carbocycles. The highest BCUT2D eigenvalue weighted by Gasteiger charge is 1.75. The van der Waals surface area contributed by atoms with E-state index in [2.05, 4.69) is 31.9 Å². The number of aliphatic hydroxyl groups is 1. The van der Waals surface area contributed by atoms with Crippen LogP contribution >= 0.6 is 31.9 Å². The predicted octanol–water partition coefficient (Wildman–Crippen LogP) is 1.05. The lowest BCUT2D eigenvalue weighted by molar-refractivity contribution is 0.357. The molecule has 0 aromatic rings. The first-order valence-corrected chi connectivity index (χ1v) is 2.53. The Morgan fingerprint density at radius 3 is 1.50 bits per heavy atom. The van der Waals surface area contributed by atoms with Gasteiger partial charge in [0, 0.05) is 0 Å². The monoisotopic (exact) mass is 188 g/mol.